The summed E-state index contributed by atoms with van der Waals surface area (Å²) in [5.74, 6) is 1.30. The first-order valence-corrected chi connectivity index (χ1v) is 6.67. The van der Waals surface area contributed by atoms with Crippen LogP contribution in [0.1, 0.15) is 11.1 Å². The van der Waals surface area contributed by atoms with Crippen LogP contribution in [0.5, 0.6) is 11.5 Å². The maximum Gasteiger partial charge on any atom is 0.162 e. The first-order chi connectivity index (χ1) is 9.22. The van der Waals surface area contributed by atoms with Crippen molar-refractivity contribution in [2.24, 2.45) is 0 Å². The molecule has 2 aromatic carbocycles. The Kier molecular flexibility index (Phi) is 4.82. The predicted molar refractivity (Wildman–Crippen MR) is 77.4 cm³/mol. The van der Waals surface area contributed by atoms with E-state index in [2.05, 4.69) is 15.9 Å². The molecule has 0 aliphatic carbocycles. The fourth-order valence-electron chi connectivity index (χ4n) is 1.67. The maximum absolute atomic E-state index is 9.14. The van der Waals surface area contributed by atoms with Gasteiger partial charge in [-0.05, 0) is 35.4 Å². The molecule has 0 spiro atoms. The van der Waals surface area contributed by atoms with Crippen molar-refractivity contribution in [2.45, 2.75) is 13.2 Å². The molecule has 0 heterocycles. The monoisotopic (exact) mass is 322 g/mol. The van der Waals surface area contributed by atoms with E-state index in [-0.39, 0.29) is 6.61 Å². The normalized spacial score (nSPS) is 10.3. The van der Waals surface area contributed by atoms with Crippen molar-refractivity contribution >= 4 is 15.9 Å². The topological polar surface area (TPSA) is 38.7 Å². The van der Waals surface area contributed by atoms with E-state index in [4.69, 9.17) is 14.6 Å². The van der Waals surface area contributed by atoms with Crippen molar-refractivity contribution in [2.75, 3.05) is 7.11 Å². The summed E-state index contributed by atoms with van der Waals surface area (Å²) in [5, 5.41) is 9.14. The molecule has 0 aliphatic rings. The van der Waals surface area contributed by atoms with Gasteiger partial charge in [0.15, 0.2) is 11.5 Å². The van der Waals surface area contributed by atoms with Gasteiger partial charge in [-0.15, -0.1) is 0 Å². The number of aliphatic hydroxyl groups excluding tert-OH is 1. The second-order valence-electron chi connectivity index (χ2n) is 4.06. The Morgan fingerprint density at radius 3 is 2.32 bits per heavy atom. The van der Waals surface area contributed by atoms with Gasteiger partial charge in [-0.3, -0.25) is 0 Å². The van der Waals surface area contributed by atoms with E-state index < -0.39 is 0 Å². The lowest BCUT2D eigenvalue weighted by atomic mass is 10.2. The second kappa shape index (κ2) is 6.59. The minimum atomic E-state index is -0.0152. The Labute approximate surface area is 120 Å². The quantitative estimate of drug-likeness (QED) is 0.915. The number of hydrogen-bond donors (Lipinski definition) is 1. The summed E-state index contributed by atoms with van der Waals surface area (Å²) in [6.45, 7) is 0.442. The lowest BCUT2D eigenvalue weighted by Gasteiger charge is -2.12. The molecule has 1 N–H and O–H groups in total. The van der Waals surface area contributed by atoms with E-state index in [1.807, 2.05) is 30.3 Å². The van der Waals surface area contributed by atoms with Crippen LogP contribution in [0.25, 0.3) is 0 Å². The smallest absolute Gasteiger partial charge is 0.162 e. The predicted octanol–water partition coefficient (Wildman–Crippen LogP) is 3.53. The molecule has 0 fully saturated rings. The van der Waals surface area contributed by atoms with Crippen LogP contribution in [-0.4, -0.2) is 12.2 Å². The number of methoxy groups -OCH3 is 1. The van der Waals surface area contributed by atoms with Crippen LogP contribution >= 0.6 is 15.9 Å². The molecule has 100 valence electrons. The minimum Gasteiger partial charge on any atom is -0.493 e. The molecule has 0 unspecified atom stereocenters. The van der Waals surface area contributed by atoms with Crippen LogP contribution in [0.4, 0.5) is 0 Å². The molecule has 0 aliphatic heterocycles. The van der Waals surface area contributed by atoms with Gasteiger partial charge in [0.25, 0.3) is 0 Å². The van der Waals surface area contributed by atoms with Crippen molar-refractivity contribution in [3.63, 3.8) is 0 Å². The Balaban J connectivity index is 2.11. The lowest BCUT2D eigenvalue weighted by Crippen LogP contribution is -1.98. The maximum atomic E-state index is 9.14. The summed E-state index contributed by atoms with van der Waals surface area (Å²) >= 11 is 3.39. The van der Waals surface area contributed by atoms with E-state index >= 15 is 0 Å². The summed E-state index contributed by atoms with van der Waals surface area (Å²) in [6.07, 6.45) is 0. The zero-order valence-electron chi connectivity index (χ0n) is 10.6. The molecule has 0 saturated carbocycles. The number of aliphatic hydroxyl groups is 1. The lowest BCUT2D eigenvalue weighted by molar-refractivity contribution is 0.271. The van der Waals surface area contributed by atoms with Gasteiger partial charge in [-0.1, -0.05) is 34.1 Å². The highest BCUT2D eigenvalue weighted by Crippen LogP contribution is 2.29. The third-order valence-corrected chi connectivity index (χ3v) is 3.25. The molecule has 3 nitrogen and oxygen atoms in total. The van der Waals surface area contributed by atoms with Crippen LogP contribution in [0.2, 0.25) is 0 Å². The molecule has 0 amide bonds. The minimum absolute atomic E-state index is 0.0152. The largest absolute Gasteiger partial charge is 0.493 e. The summed E-state index contributed by atoms with van der Waals surface area (Å²) in [6, 6.07) is 13.3. The average Bonchev–Trinajstić information content (AvgIpc) is 2.46. The van der Waals surface area contributed by atoms with Crippen molar-refractivity contribution in [1.29, 1.82) is 0 Å². The molecular weight excluding hydrogens is 308 g/mol. The summed E-state index contributed by atoms with van der Waals surface area (Å²) < 4.78 is 12.0. The summed E-state index contributed by atoms with van der Waals surface area (Å²) in [7, 11) is 1.60. The molecule has 0 atom stereocenters. The number of ether oxygens (including phenoxy) is 2. The molecule has 4 heteroatoms. The third-order valence-electron chi connectivity index (χ3n) is 2.72. The summed E-state index contributed by atoms with van der Waals surface area (Å²) in [5.41, 5.74) is 1.87. The fourth-order valence-corrected chi connectivity index (χ4v) is 1.94. The van der Waals surface area contributed by atoms with Crippen molar-refractivity contribution in [1.82, 2.24) is 0 Å². The Hall–Kier alpha value is -1.52. The van der Waals surface area contributed by atoms with E-state index in [0.717, 1.165) is 15.6 Å². The Morgan fingerprint density at radius 2 is 1.68 bits per heavy atom. The molecule has 2 rings (SSSR count). The highest BCUT2D eigenvalue weighted by molar-refractivity contribution is 9.10. The highest BCUT2D eigenvalue weighted by Gasteiger charge is 2.06. The van der Waals surface area contributed by atoms with Crippen molar-refractivity contribution in [3.05, 3.63) is 58.1 Å². The van der Waals surface area contributed by atoms with Gasteiger partial charge in [-0.2, -0.15) is 0 Å². The number of benzene rings is 2. The zero-order chi connectivity index (χ0) is 13.7. The molecular formula is C15H15BrO3. The van der Waals surface area contributed by atoms with Gasteiger partial charge in [0.1, 0.15) is 6.61 Å². The van der Waals surface area contributed by atoms with Gasteiger partial charge in [0.05, 0.1) is 13.7 Å². The SMILES string of the molecule is COc1ccc(CO)cc1OCc1ccc(Br)cc1. The molecule has 19 heavy (non-hydrogen) atoms. The van der Waals surface area contributed by atoms with E-state index in [1.165, 1.54) is 0 Å². The zero-order valence-corrected chi connectivity index (χ0v) is 12.2. The van der Waals surface area contributed by atoms with E-state index in [0.29, 0.717) is 18.1 Å². The second-order valence-corrected chi connectivity index (χ2v) is 4.97. The first kappa shape index (κ1) is 13.9. The number of rotatable bonds is 5. The number of halogens is 1. The van der Waals surface area contributed by atoms with Crippen LogP contribution in [-0.2, 0) is 13.2 Å². The molecule has 2 aromatic rings. The van der Waals surface area contributed by atoms with Gasteiger partial charge in [-0.25, -0.2) is 0 Å². The van der Waals surface area contributed by atoms with Gasteiger partial charge < -0.3 is 14.6 Å². The van der Waals surface area contributed by atoms with Crippen molar-refractivity contribution < 1.29 is 14.6 Å². The Morgan fingerprint density at radius 1 is 1.00 bits per heavy atom. The fraction of sp³-hybridized carbons (Fsp3) is 0.200. The molecule has 0 bridgehead atoms. The highest BCUT2D eigenvalue weighted by atomic mass is 79.9. The van der Waals surface area contributed by atoms with E-state index in [1.54, 1.807) is 19.2 Å². The Bertz CT molecular complexity index is 538. The van der Waals surface area contributed by atoms with Crippen molar-refractivity contribution in [3.8, 4) is 11.5 Å². The first-order valence-electron chi connectivity index (χ1n) is 5.88. The van der Waals surface area contributed by atoms with E-state index in [9.17, 15) is 0 Å². The molecule has 0 saturated heterocycles. The molecule has 0 radical (unpaired) electrons. The van der Waals surface area contributed by atoms with Gasteiger partial charge >= 0.3 is 0 Å². The van der Waals surface area contributed by atoms with Gasteiger partial charge in [0, 0.05) is 4.47 Å². The van der Waals surface area contributed by atoms with Crippen LogP contribution in [0, 0.1) is 0 Å². The van der Waals surface area contributed by atoms with Crippen LogP contribution in [0.3, 0.4) is 0 Å². The summed E-state index contributed by atoms with van der Waals surface area (Å²) in [4.78, 5) is 0. The third kappa shape index (κ3) is 3.72. The van der Waals surface area contributed by atoms with Crippen LogP contribution < -0.4 is 9.47 Å². The van der Waals surface area contributed by atoms with Crippen LogP contribution in [0.15, 0.2) is 46.9 Å². The standard InChI is InChI=1S/C15H15BrO3/c1-18-14-7-4-12(9-17)8-15(14)19-10-11-2-5-13(16)6-3-11/h2-8,17H,9-10H2,1H3. The molecule has 0 aromatic heterocycles. The van der Waals surface area contributed by atoms with Gasteiger partial charge in [0.2, 0.25) is 0 Å². The average molecular weight is 323 g/mol. The number of hydrogen-bond acceptors (Lipinski definition) is 3.